The van der Waals surface area contributed by atoms with Gasteiger partial charge in [0.05, 0.1) is 50.8 Å². The van der Waals surface area contributed by atoms with Crippen LogP contribution < -0.4 is 33.3 Å². The van der Waals surface area contributed by atoms with Gasteiger partial charge >= 0.3 is 5.69 Å². The Hall–Kier alpha value is -3.99. The maximum atomic E-state index is 13.7. The molecule has 3 aliphatic heterocycles. The van der Waals surface area contributed by atoms with E-state index in [1.54, 1.807) is 4.57 Å². The third kappa shape index (κ3) is 8.78. The molecule has 3 fully saturated rings. The van der Waals surface area contributed by atoms with Crippen LogP contribution >= 0.6 is 13.5 Å². The summed E-state index contributed by atoms with van der Waals surface area (Å²) in [4.78, 5) is 65.2. The number of rotatable bonds is 14. The minimum Gasteiger partial charge on any atom is -0.780 e. The minimum absolute atomic E-state index is 0.00906. The minimum atomic E-state index is -4.42. The van der Waals surface area contributed by atoms with E-state index in [0.717, 1.165) is 4.57 Å². The fourth-order valence-corrected chi connectivity index (χ4v) is 9.83. The Balaban J connectivity index is 0.954. The average molecular weight is 900 g/mol. The number of imidazole rings is 2. The zero-order chi connectivity index (χ0) is 41.8. The quantitative estimate of drug-likeness (QED) is 0.0530. The maximum absolute atomic E-state index is 13.7. The van der Waals surface area contributed by atoms with Crippen LogP contribution in [0.25, 0.3) is 22.3 Å². The van der Waals surface area contributed by atoms with Gasteiger partial charge in [0.25, 0.3) is 5.56 Å². The summed E-state index contributed by atoms with van der Waals surface area (Å²) < 4.78 is 58.1. The summed E-state index contributed by atoms with van der Waals surface area (Å²) in [6, 6.07) is 1.38. The molecular weight excluding hydrogens is 864 g/mol. The van der Waals surface area contributed by atoms with E-state index in [0.29, 0.717) is 11.2 Å². The molecule has 11 atom stereocenters. The van der Waals surface area contributed by atoms with Gasteiger partial charge in [-0.3, -0.25) is 28.0 Å². The molecule has 9 N–H and O–H groups in total. The standard InChI is InChI=1S/C29H37N13O13P2S2/c30-18-1-2-40(29(46)37-18)20-4-13(15(6-43)51-20)54-57(48,59)50-8-17-14(5-21(53-17)42-11-36-23-26(42)38-28(32)39-27(23)45)55-56(47,58)49-7-16-12(44)3-19(52-16)41-10-35-22-24(31)33-9-34-25(22)41/h1-2,9-17,19-21,43-44H,3-8H2,(H,47,58)(H,48,59)(H2,30,37,46)(H2,31,33,34)(H3,32,38,39,45)/p-2/t12?,13?,14?,15-,16-,17-,19-,20-,21-,56?,57?/m1/s1. The van der Waals surface area contributed by atoms with Crippen LogP contribution in [0.2, 0.25) is 0 Å². The molecule has 30 heteroatoms. The molecule has 3 saturated heterocycles. The second-order valence-corrected chi connectivity index (χ2v) is 18.9. The average Bonchev–Trinajstić information content (AvgIpc) is 4.00. The predicted molar refractivity (Wildman–Crippen MR) is 205 cm³/mol. The molecule has 8 heterocycles. The summed E-state index contributed by atoms with van der Waals surface area (Å²) in [6.07, 6.45) is -4.12. The molecule has 3 aliphatic rings. The van der Waals surface area contributed by atoms with Gasteiger partial charge in [-0.05, 0) is 6.07 Å². The Labute approximate surface area is 340 Å². The highest BCUT2D eigenvalue weighted by atomic mass is 32.7. The van der Waals surface area contributed by atoms with E-state index >= 15 is 0 Å². The van der Waals surface area contributed by atoms with Crippen molar-refractivity contribution in [3.8, 4) is 0 Å². The number of anilines is 3. The van der Waals surface area contributed by atoms with Crippen molar-refractivity contribution in [3.63, 3.8) is 0 Å². The molecule has 0 aromatic carbocycles. The van der Waals surface area contributed by atoms with E-state index in [-0.39, 0.29) is 48.0 Å². The second kappa shape index (κ2) is 16.5. The summed E-state index contributed by atoms with van der Waals surface area (Å²) in [5.74, 6) is -0.0438. The lowest BCUT2D eigenvalue weighted by Crippen LogP contribution is -2.32. The molecule has 0 amide bonds. The van der Waals surface area contributed by atoms with Gasteiger partial charge in [-0.1, -0.05) is 11.8 Å². The van der Waals surface area contributed by atoms with Gasteiger partial charge in [0.15, 0.2) is 29.4 Å². The zero-order valence-corrected chi connectivity index (χ0v) is 33.6. The normalized spacial score (nSPS) is 29.3. The number of nitrogens with two attached hydrogens (primary N) is 3. The van der Waals surface area contributed by atoms with Gasteiger partial charge < -0.3 is 76.9 Å². The molecule has 8 rings (SSSR count). The monoisotopic (exact) mass is 899 g/mol. The van der Waals surface area contributed by atoms with Crippen LogP contribution in [-0.2, 0) is 60.9 Å². The first-order chi connectivity index (χ1) is 28.1. The summed E-state index contributed by atoms with van der Waals surface area (Å²) in [7, 11) is 0. The molecule has 5 aromatic rings. The molecule has 5 unspecified atom stereocenters. The highest BCUT2D eigenvalue weighted by Crippen LogP contribution is 2.52. The Kier molecular flexibility index (Phi) is 11.6. The van der Waals surface area contributed by atoms with Crippen LogP contribution in [0.15, 0.2) is 40.8 Å². The van der Waals surface area contributed by atoms with Crippen molar-refractivity contribution in [2.24, 2.45) is 0 Å². The molecule has 0 spiro atoms. The first kappa shape index (κ1) is 41.7. The second-order valence-electron chi connectivity index (χ2n) is 13.5. The van der Waals surface area contributed by atoms with Crippen molar-refractivity contribution in [2.45, 2.75) is 74.6 Å². The number of nitrogens with zero attached hydrogens (tertiary/aromatic N) is 9. The summed E-state index contributed by atoms with van der Waals surface area (Å²) in [6.45, 7) is -10.5. The third-order valence-electron chi connectivity index (χ3n) is 9.69. The van der Waals surface area contributed by atoms with Crippen LogP contribution in [0.5, 0.6) is 0 Å². The number of fused-ring (bicyclic) bond motifs is 2. The number of aromatic nitrogens is 10. The molecule has 0 bridgehead atoms. The van der Waals surface area contributed by atoms with E-state index in [4.69, 9.17) is 73.6 Å². The Morgan fingerprint density at radius 3 is 2.27 bits per heavy atom. The Morgan fingerprint density at radius 1 is 0.881 bits per heavy atom. The largest absolute Gasteiger partial charge is 0.780 e. The van der Waals surface area contributed by atoms with Crippen molar-refractivity contribution in [2.75, 3.05) is 37.0 Å². The van der Waals surface area contributed by atoms with Crippen molar-refractivity contribution in [1.29, 1.82) is 0 Å². The topological polar surface area (TPSA) is 365 Å². The van der Waals surface area contributed by atoms with Crippen LogP contribution in [0, 0.1) is 0 Å². The van der Waals surface area contributed by atoms with E-state index < -0.39 is 99.9 Å². The molecule has 0 aliphatic carbocycles. The lowest BCUT2D eigenvalue weighted by molar-refractivity contribution is -0.215. The number of aliphatic hydroxyl groups excluding tert-OH is 2. The van der Waals surface area contributed by atoms with Crippen LogP contribution in [0.4, 0.5) is 17.6 Å². The number of hydrogen-bond donors (Lipinski definition) is 6. The van der Waals surface area contributed by atoms with Gasteiger partial charge in [-0.25, -0.2) is 24.7 Å². The smallest absolute Gasteiger partial charge is 0.351 e. The SMILES string of the molecule is Nc1ccn([C@H]2CC(OP(=O)([S-])OC[C@H]3O[C@@H](n4cnc5c(=O)[nH]c(N)nc54)CC3OP([O-])(=S)OC[C@H]3O[C@@H](n4cnc5c(N)ncnc54)CC3O)[C@@H](CO)O2)c(=O)n1. The molecule has 0 saturated carbocycles. The van der Waals surface area contributed by atoms with Gasteiger partial charge in [-0.15, -0.1) is 0 Å². The molecule has 318 valence electrons. The third-order valence-corrected chi connectivity index (χ3v) is 12.8. The van der Waals surface area contributed by atoms with Crippen molar-refractivity contribution in [3.05, 3.63) is 52.1 Å². The number of hydrogen-bond acceptors (Lipinski definition) is 24. The van der Waals surface area contributed by atoms with Crippen molar-refractivity contribution in [1.82, 2.24) is 48.6 Å². The van der Waals surface area contributed by atoms with E-state index in [9.17, 15) is 29.3 Å². The lowest BCUT2D eigenvalue weighted by Gasteiger charge is -2.34. The number of nitrogen functional groups attached to an aromatic ring is 3. The van der Waals surface area contributed by atoms with Crippen LogP contribution in [0.3, 0.4) is 0 Å². The first-order valence-electron chi connectivity index (χ1n) is 17.6. The van der Waals surface area contributed by atoms with Crippen LogP contribution in [-0.4, -0.2) is 115 Å². The predicted octanol–water partition coefficient (Wildman–Crippen LogP) is -1.78. The van der Waals surface area contributed by atoms with Gasteiger partial charge in [0.1, 0.15) is 61.4 Å². The van der Waals surface area contributed by atoms with Crippen molar-refractivity contribution >= 4 is 77.5 Å². The number of ether oxygens (including phenoxy) is 3. The fraction of sp³-hybridized carbons (Fsp3) is 0.517. The molecule has 59 heavy (non-hydrogen) atoms. The zero-order valence-electron chi connectivity index (χ0n) is 30.2. The van der Waals surface area contributed by atoms with Crippen molar-refractivity contribution < 1.29 is 52.0 Å². The lowest BCUT2D eigenvalue weighted by atomic mass is 10.2. The van der Waals surface area contributed by atoms with Gasteiger partial charge in [0.2, 0.25) is 5.95 Å². The van der Waals surface area contributed by atoms with Crippen LogP contribution in [0.1, 0.15) is 37.9 Å². The molecule has 5 aromatic heterocycles. The first-order valence-corrected chi connectivity index (χ1v) is 22.7. The summed E-state index contributed by atoms with van der Waals surface area (Å²) in [5, 5.41) is 20.8. The molecular formula is C29H35N13O13P2S2-2. The van der Waals surface area contributed by atoms with E-state index in [1.165, 1.54) is 35.8 Å². The highest BCUT2D eigenvalue weighted by molar-refractivity contribution is 8.32. The van der Waals surface area contributed by atoms with E-state index in [2.05, 4.69) is 34.9 Å². The Bertz CT molecular complexity index is 2580. The van der Waals surface area contributed by atoms with Gasteiger partial charge in [-0.2, -0.15) is 9.97 Å². The van der Waals surface area contributed by atoms with E-state index in [1.807, 2.05) is 0 Å². The molecule has 26 nitrogen and oxygen atoms in total. The molecule has 0 radical (unpaired) electrons. The maximum Gasteiger partial charge on any atom is 0.351 e. The summed E-state index contributed by atoms with van der Waals surface area (Å²) >= 11 is 10.4. The number of aliphatic hydroxyl groups is 2. The summed E-state index contributed by atoms with van der Waals surface area (Å²) in [5.41, 5.74) is 16.6. The van der Waals surface area contributed by atoms with Gasteiger partial charge in [0, 0.05) is 25.5 Å². The Morgan fingerprint density at radius 2 is 1.53 bits per heavy atom. The number of nitrogens with one attached hydrogen (secondary N) is 1. The fourth-order valence-electron chi connectivity index (χ4n) is 6.92. The number of H-pyrrole nitrogens is 1. The number of aromatic amines is 1. The highest BCUT2D eigenvalue weighted by Gasteiger charge is 2.43.